The van der Waals surface area contributed by atoms with Crippen LogP contribution in [0.1, 0.15) is 131 Å². The number of hydrogen-bond donors (Lipinski definition) is 7. The predicted molar refractivity (Wildman–Crippen MR) is 275 cm³/mol. The Morgan fingerprint density at radius 1 is 0.725 bits per heavy atom. The normalized spacial score (nSPS) is 12.0. The third-order valence-electron chi connectivity index (χ3n) is 11.8. The van der Waals surface area contributed by atoms with Gasteiger partial charge in [-0.15, -0.1) is 5.11 Å². The van der Waals surface area contributed by atoms with Crippen molar-refractivity contribution in [3.8, 4) is 5.75 Å². The van der Waals surface area contributed by atoms with Crippen molar-refractivity contribution < 1.29 is 19.1 Å². The maximum Gasteiger partial charge on any atom is 0.321 e. The van der Waals surface area contributed by atoms with Gasteiger partial charge in [0.05, 0.1) is 18.5 Å². The fourth-order valence-electron chi connectivity index (χ4n) is 7.95. The summed E-state index contributed by atoms with van der Waals surface area (Å²) in [5.74, 6) is 1.00. The lowest BCUT2D eigenvalue weighted by atomic mass is 9.95. The van der Waals surface area contributed by atoms with E-state index in [0.29, 0.717) is 78.9 Å². The van der Waals surface area contributed by atoms with Crippen LogP contribution in [0.15, 0.2) is 105 Å². The van der Waals surface area contributed by atoms with Crippen LogP contribution in [0.2, 0.25) is 0 Å². The molecule has 0 bridgehead atoms. The monoisotopic (exact) mass is 944 g/mol. The number of unbranched alkanes of at least 4 members (excludes halogenated alkanes) is 2. The molecule has 5 amide bonds. The highest BCUT2D eigenvalue weighted by molar-refractivity contribution is 6.04. The summed E-state index contributed by atoms with van der Waals surface area (Å²) < 4.78 is 5.61. The lowest BCUT2D eigenvalue weighted by Gasteiger charge is -2.25. The number of nitrogens with one attached hydrogen (secondary N) is 7. The molecule has 0 spiro atoms. The van der Waals surface area contributed by atoms with Crippen molar-refractivity contribution in [1.82, 2.24) is 25.6 Å². The summed E-state index contributed by atoms with van der Waals surface area (Å²) in [6.07, 6.45) is 8.93. The quantitative estimate of drug-likeness (QED) is 0.0208. The zero-order valence-electron chi connectivity index (χ0n) is 40.9. The first-order valence-electron chi connectivity index (χ1n) is 24.2. The van der Waals surface area contributed by atoms with Gasteiger partial charge < -0.3 is 30.6 Å². The Labute approximate surface area is 404 Å². The van der Waals surface area contributed by atoms with Crippen molar-refractivity contribution in [2.45, 2.75) is 111 Å². The van der Waals surface area contributed by atoms with Crippen LogP contribution in [-0.4, -0.2) is 66.2 Å². The molecule has 2 heterocycles. The number of urea groups is 2. The van der Waals surface area contributed by atoms with E-state index in [4.69, 9.17) is 4.74 Å². The lowest BCUT2D eigenvalue weighted by Crippen LogP contribution is -2.35. The minimum absolute atomic E-state index is 0.106. The highest BCUT2D eigenvalue weighted by Gasteiger charge is 2.17. The van der Waals surface area contributed by atoms with E-state index in [0.717, 1.165) is 68.3 Å². The number of aryl methyl sites for hydroxylation is 1. The van der Waals surface area contributed by atoms with Crippen LogP contribution >= 0.6 is 0 Å². The van der Waals surface area contributed by atoms with Gasteiger partial charge in [0.1, 0.15) is 17.3 Å². The Morgan fingerprint density at radius 2 is 1.38 bits per heavy atom. The lowest BCUT2D eigenvalue weighted by molar-refractivity contribution is 0.102. The van der Waals surface area contributed by atoms with Crippen molar-refractivity contribution in [3.05, 3.63) is 128 Å². The molecule has 0 aliphatic heterocycles. The van der Waals surface area contributed by atoms with Crippen LogP contribution in [0.4, 0.5) is 44.1 Å². The van der Waals surface area contributed by atoms with E-state index in [1.54, 1.807) is 30.3 Å². The van der Waals surface area contributed by atoms with Gasteiger partial charge in [-0.1, -0.05) is 71.6 Å². The third-order valence-corrected chi connectivity index (χ3v) is 11.8. The average molecular weight is 944 g/mol. The first-order chi connectivity index (χ1) is 33.4. The van der Waals surface area contributed by atoms with E-state index >= 15 is 0 Å². The van der Waals surface area contributed by atoms with Crippen molar-refractivity contribution in [3.63, 3.8) is 0 Å². The minimum Gasteiger partial charge on any atom is -0.494 e. The van der Waals surface area contributed by atoms with E-state index in [1.807, 2.05) is 49.4 Å². The largest absolute Gasteiger partial charge is 0.494 e. The molecule has 368 valence electrons. The molecule has 0 aliphatic rings. The maximum absolute atomic E-state index is 13.0. The molecule has 5 aromatic rings. The number of benzene rings is 3. The van der Waals surface area contributed by atoms with Gasteiger partial charge >= 0.3 is 12.1 Å². The van der Waals surface area contributed by atoms with Gasteiger partial charge in [-0.3, -0.25) is 30.0 Å². The van der Waals surface area contributed by atoms with Gasteiger partial charge in [-0.2, -0.15) is 5.11 Å². The van der Waals surface area contributed by atoms with Gasteiger partial charge in [-0.25, -0.2) is 14.6 Å². The number of carbonyl (C=O) groups excluding carboxylic acids is 3. The van der Waals surface area contributed by atoms with E-state index in [9.17, 15) is 24.0 Å². The molecule has 0 saturated carbocycles. The molecule has 3 aromatic carbocycles. The van der Waals surface area contributed by atoms with Gasteiger partial charge in [0, 0.05) is 79.0 Å². The number of nitrogens with zero attached hydrogens (tertiary/aromatic N) is 4. The number of aromatic nitrogens is 3. The third kappa shape index (κ3) is 16.8. The molecule has 0 saturated heterocycles. The van der Waals surface area contributed by atoms with Crippen LogP contribution in [0.25, 0.3) is 0 Å². The molecule has 69 heavy (non-hydrogen) atoms. The molecule has 0 aliphatic carbocycles. The number of hydrogen-bond acceptors (Lipinski definition) is 10. The first kappa shape index (κ1) is 52.7. The summed E-state index contributed by atoms with van der Waals surface area (Å²) in [7, 11) is 1.53. The van der Waals surface area contributed by atoms with Gasteiger partial charge in [-0.05, 0) is 99.4 Å². The number of ether oxygens (including phenoxy) is 1. The second-order valence-corrected chi connectivity index (χ2v) is 17.0. The summed E-state index contributed by atoms with van der Waals surface area (Å²) in [5.41, 5.74) is 4.92. The van der Waals surface area contributed by atoms with Crippen LogP contribution in [-0.2, 0) is 0 Å². The van der Waals surface area contributed by atoms with Crippen LogP contribution in [0.3, 0.4) is 0 Å². The topological polar surface area (TPSA) is 227 Å². The number of H-pyrrole nitrogens is 2. The SMILES string of the molecule is CCCCC(CC)c1cc(=O)[nH]c(NC(=O)NCCCN(CCCNC(=O)Nc2cc(=O)cc(C(CC)CCCC)[nH]2)c2ccc(N=Nc3cc(C)c(NC(=O)c4ccccc4)cc3OC)cc2)n1. The number of anilines is 4. The Hall–Kier alpha value is -7.30. The molecule has 2 aromatic heterocycles. The van der Waals surface area contributed by atoms with Gasteiger partial charge in [0.2, 0.25) is 5.95 Å². The predicted octanol–water partition coefficient (Wildman–Crippen LogP) is 11.0. The molecule has 5 rings (SSSR count). The van der Waals surface area contributed by atoms with E-state index < -0.39 is 12.1 Å². The standard InChI is InChI=1S/C52H69N11O6/c1-7-11-18-36(9-3)43-31-41(64)32-47(55-43)58-51(67)53-26-16-28-63(29-17-27-54-52(68)60-50-57-44(34-48(65)59-50)37(10-4)19-12-8-2)40-24-22-39(23-25-40)61-62-45-30-35(5)42(33-46(45)69-6)56-49(66)38-20-14-13-15-21-38/h13-15,20-25,30-34,36-37H,7-12,16-19,26-29H2,1-6H3,(H,56,66)(H3,53,55,58,64,67)(H3,54,57,59,60,65,68). The van der Waals surface area contributed by atoms with Crippen molar-refractivity contribution in [2.24, 2.45) is 10.2 Å². The Morgan fingerprint density at radius 3 is 2.01 bits per heavy atom. The second-order valence-electron chi connectivity index (χ2n) is 17.0. The number of aromatic amines is 2. The number of rotatable bonds is 26. The first-order valence-corrected chi connectivity index (χ1v) is 24.2. The molecule has 0 radical (unpaired) electrons. The molecule has 17 heteroatoms. The van der Waals surface area contributed by atoms with Gasteiger partial charge in [0.25, 0.3) is 11.5 Å². The van der Waals surface area contributed by atoms with Crippen molar-refractivity contribution >= 4 is 52.5 Å². The maximum atomic E-state index is 13.0. The molecule has 2 atom stereocenters. The van der Waals surface area contributed by atoms with Crippen molar-refractivity contribution in [2.75, 3.05) is 54.1 Å². The molecule has 0 fully saturated rings. The van der Waals surface area contributed by atoms with E-state index in [2.05, 4.69) is 84.4 Å². The fourth-order valence-corrected chi connectivity index (χ4v) is 7.95. The number of methoxy groups -OCH3 is 1. The smallest absolute Gasteiger partial charge is 0.321 e. The highest BCUT2D eigenvalue weighted by atomic mass is 16.5. The van der Waals surface area contributed by atoms with Crippen LogP contribution < -0.4 is 47.2 Å². The zero-order valence-corrected chi connectivity index (χ0v) is 40.9. The summed E-state index contributed by atoms with van der Waals surface area (Å²) in [6.45, 7) is 12.1. The zero-order chi connectivity index (χ0) is 49.5. The summed E-state index contributed by atoms with van der Waals surface area (Å²) in [5, 5.41) is 23.2. The Balaban J connectivity index is 1.23. The van der Waals surface area contributed by atoms with E-state index in [-0.39, 0.29) is 34.7 Å². The summed E-state index contributed by atoms with van der Waals surface area (Å²) in [4.78, 5) is 76.4. The van der Waals surface area contributed by atoms with Crippen molar-refractivity contribution in [1.29, 1.82) is 0 Å². The highest BCUT2D eigenvalue weighted by Crippen LogP contribution is 2.35. The number of amides is 5. The number of carbonyl (C=O) groups is 3. The number of azo groups is 1. The van der Waals surface area contributed by atoms with Gasteiger partial charge in [0.15, 0.2) is 5.43 Å². The average Bonchev–Trinajstić information content (AvgIpc) is 3.34. The molecular weight excluding hydrogens is 875 g/mol. The molecule has 2 unspecified atom stereocenters. The van der Waals surface area contributed by atoms with Crippen LogP contribution in [0.5, 0.6) is 5.75 Å². The number of pyridine rings is 1. The van der Waals surface area contributed by atoms with Crippen LogP contribution in [0, 0.1) is 6.92 Å². The molecule has 17 nitrogen and oxygen atoms in total. The molecule has 7 N–H and O–H groups in total. The summed E-state index contributed by atoms with van der Waals surface area (Å²) >= 11 is 0. The molecular formula is C52H69N11O6. The van der Waals surface area contributed by atoms with E-state index in [1.165, 1.54) is 19.2 Å². The fraction of sp³-hybridized carbons (Fsp3) is 0.423. The summed E-state index contributed by atoms with van der Waals surface area (Å²) in [6, 6.07) is 23.7. The second kappa shape index (κ2) is 27.5. The Kier molecular flexibility index (Phi) is 21.0. The Bertz CT molecular complexity index is 2480. The minimum atomic E-state index is -0.482.